The number of phenols is 1. The maximum absolute atomic E-state index is 10.3. The highest BCUT2D eigenvalue weighted by Gasteiger charge is 2.05. The molecule has 0 aromatic heterocycles. The first-order valence-electron chi connectivity index (χ1n) is 3.10. The molecule has 2 nitrogen and oxygen atoms in total. The summed E-state index contributed by atoms with van der Waals surface area (Å²) in [5.74, 6) is -0.0347. The molecule has 11 heavy (non-hydrogen) atoms. The maximum atomic E-state index is 10.3. The second-order valence-corrected chi connectivity index (χ2v) is 2.64. The van der Waals surface area contributed by atoms with E-state index in [-0.39, 0.29) is 11.3 Å². The average Bonchev–Trinajstić information content (AvgIpc) is 2.01. The number of carbonyl (C=O) groups excluding carboxylic acids is 1. The van der Waals surface area contributed by atoms with E-state index < -0.39 is 0 Å². The summed E-state index contributed by atoms with van der Waals surface area (Å²) in [7, 11) is 0. The monoisotopic (exact) mass is 170 g/mol. The highest BCUT2D eigenvalue weighted by molar-refractivity contribution is 6.31. The van der Waals surface area contributed by atoms with E-state index in [2.05, 4.69) is 0 Å². The predicted octanol–water partition coefficient (Wildman–Crippen LogP) is 2.17. The van der Waals surface area contributed by atoms with E-state index in [9.17, 15) is 9.90 Å². The molecule has 0 aliphatic heterocycles. The van der Waals surface area contributed by atoms with Crippen LogP contribution in [-0.4, -0.2) is 11.4 Å². The molecular formula is C8H7ClO2. The fraction of sp³-hybridized carbons (Fsp3) is 0.125. The first kappa shape index (κ1) is 8.08. The van der Waals surface area contributed by atoms with Crippen LogP contribution in [0.25, 0.3) is 0 Å². The zero-order valence-electron chi connectivity index (χ0n) is 5.97. The van der Waals surface area contributed by atoms with Crippen molar-refractivity contribution in [3.63, 3.8) is 0 Å². The van der Waals surface area contributed by atoms with E-state index in [4.69, 9.17) is 11.6 Å². The average molecular weight is 171 g/mol. The first-order valence-corrected chi connectivity index (χ1v) is 3.48. The summed E-state index contributed by atoms with van der Waals surface area (Å²) in [5, 5.41) is 9.73. The second kappa shape index (κ2) is 2.93. The number of carbonyl (C=O) groups is 1. The van der Waals surface area contributed by atoms with E-state index in [1.165, 1.54) is 6.07 Å². The molecular weight excluding hydrogens is 164 g/mol. The highest BCUT2D eigenvalue weighted by atomic mass is 35.5. The summed E-state index contributed by atoms with van der Waals surface area (Å²) in [6.07, 6.45) is 0.596. The topological polar surface area (TPSA) is 37.3 Å². The molecule has 0 saturated carbocycles. The van der Waals surface area contributed by atoms with E-state index in [0.717, 1.165) is 0 Å². The fourth-order valence-corrected chi connectivity index (χ4v) is 0.944. The smallest absolute Gasteiger partial charge is 0.153 e. The van der Waals surface area contributed by atoms with Crippen LogP contribution in [0.1, 0.15) is 15.9 Å². The second-order valence-electron chi connectivity index (χ2n) is 2.23. The third kappa shape index (κ3) is 1.35. The molecule has 0 heterocycles. The molecule has 1 N–H and O–H groups in total. The largest absolute Gasteiger partial charge is 0.507 e. The molecule has 1 rings (SSSR count). The summed E-state index contributed by atoms with van der Waals surface area (Å²) >= 11 is 5.67. The van der Waals surface area contributed by atoms with E-state index >= 15 is 0 Å². The van der Waals surface area contributed by atoms with Gasteiger partial charge in [0.25, 0.3) is 0 Å². The molecule has 0 radical (unpaired) electrons. The van der Waals surface area contributed by atoms with Crippen molar-refractivity contribution < 1.29 is 9.90 Å². The van der Waals surface area contributed by atoms with Gasteiger partial charge < -0.3 is 5.11 Å². The Bertz CT molecular complexity index is 294. The lowest BCUT2D eigenvalue weighted by Crippen LogP contribution is -1.84. The Morgan fingerprint density at radius 2 is 2.18 bits per heavy atom. The molecule has 0 amide bonds. The van der Waals surface area contributed by atoms with E-state index in [1.54, 1.807) is 13.0 Å². The van der Waals surface area contributed by atoms with Crippen LogP contribution in [0.5, 0.6) is 5.75 Å². The van der Waals surface area contributed by atoms with E-state index in [0.29, 0.717) is 16.9 Å². The van der Waals surface area contributed by atoms with Gasteiger partial charge in [-0.1, -0.05) is 11.6 Å². The predicted molar refractivity (Wildman–Crippen MR) is 43.2 cm³/mol. The molecule has 1 aromatic carbocycles. The van der Waals surface area contributed by atoms with Gasteiger partial charge in [-0.25, -0.2) is 0 Å². The quantitative estimate of drug-likeness (QED) is 0.656. The molecule has 3 heteroatoms. The Morgan fingerprint density at radius 1 is 1.55 bits per heavy atom. The van der Waals surface area contributed by atoms with Crippen molar-refractivity contribution in [2.75, 3.05) is 0 Å². The lowest BCUT2D eigenvalue weighted by molar-refractivity contribution is 0.112. The molecule has 1 aromatic rings. The van der Waals surface area contributed by atoms with Gasteiger partial charge in [-0.3, -0.25) is 4.79 Å². The Kier molecular flexibility index (Phi) is 2.15. The van der Waals surface area contributed by atoms with Crippen LogP contribution >= 0.6 is 11.6 Å². The number of hydrogen-bond donors (Lipinski definition) is 1. The van der Waals surface area contributed by atoms with E-state index in [1.807, 2.05) is 0 Å². The lowest BCUT2D eigenvalue weighted by Gasteiger charge is -2.02. The van der Waals surface area contributed by atoms with Gasteiger partial charge in [0, 0.05) is 10.6 Å². The van der Waals surface area contributed by atoms with Crippen LogP contribution in [0.4, 0.5) is 0 Å². The van der Waals surface area contributed by atoms with Gasteiger partial charge in [-0.2, -0.15) is 0 Å². The fourth-order valence-electron chi connectivity index (χ4n) is 0.792. The Balaban J connectivity index is 3.36. The van der Waals surface area contributed by atoms with Crippen LogP contribution < -0.4 is 0 Å². The van der Waals surface area contributed by atoms with Crippen LogP contribution in [0.15, 0.2) is 12.1 Å². The van der Waals surface area contributed by atoms with Crippen molar-refractivity contribution in [2.24, 2.45) is 0 Å². The minimum atomic E-state index is -0.0347. The minimum Gasteiger partial charge on any atom is -0.507 e. The third-order valence-corrected chi connectivity index (χ3v) is 1.93. The molecule has 0 spiro atoms. The van der Waals surface area contributed by atoms with Gasteiger partial charge in [0.05, 0.1) is 5.56 Å². The van der Waals surface area contributed by atoms with Crippen molar-refractivity contribution >= 4 is 17.9 Å². The number of halogens is 1. The van der Waals surface area contributed by atoms with Crippen LogP contribution in [0.3, 0.4) is 0 Å². The molecule has 0 atom stereocenters. The van der Waals surface area contributed by atoms with Crippen LogP contribution in [-0.2, 0) is 0 Å². The highest BCUT2D eigenvalue weighted by Crippen LogP contribution is 2.26. The molecule has 0 saturated heterocycles. The number of rotatable bonds is 1. The van der Waals surface area contributed by atoms with Crippen molar-refractivity contribution in [1.29, 1.82) is 0 Å². The van der Waals surface area contributed by atoms with Gasteiger partial charge in [0.2, 0.25) is 0 Å². The molecule has 58 valence electrons. The molecule has 0 bridgehead atoms. The summed E-state index contributed by atoms with van der Waals surface area (Å²) in [6.45, 7) is 1.66. The standard InChI is InChI=1S/C8H7ClO2/c1-5-7(9)3-2-6(4-10)8(5)11/h2-4,11H,1H3. The first-order chi connectivity index (χ1) is 5.16. The number of aldehydes is 1. The maximum Gasteiger partial charge on any atom is 0.153 e. The SMILES string of the molecule is Cc1c(Cl)ccc(C=O)c1O. The summed E-state index contributed by atoms with van der Waals surface area (Å²) in [6, 6.07) is 3.07. The lowest BCUT2D eigenvalue weighted by atomic mass is 10.1. The third-order valence-electron chi connectivity index (χ3n) is 1.52. The van der Waals surface area contributed by atoms with Gasteiger partial charge in [0.15, 0.2) is 6.29 Å². The van der Waals surface area contributed by atoms with Crippen LogP contribution in [0.2, 0.25) is 5.02 Å². The number of phenolic OH excluding ortho intramolecular Hbond substituents is 1. The molecule has 0 unspecified atom stereocenters. The Morgan fingerprint density at radius 3 is 2.73 bits per heavy atom. The molecule has 0 aliphatic carbocycles. The Hall–Kier alpha value is -1.02. The van der Waals surface area contributed by atoms with Crippen molar-refractivity contribution in [3.8, 4) is 5.75 Å². The van der Waals surface area contributed by atoms with Gasteiger partial charge in [-0.15, -0.1) is 0 Å². The van der Waals surface area contributed by atoms with Gasteiger partial charge >= 0.3 is 0 Å². The molecule has 0 fully saturated rings. The number of benzene rings is 1. The zero-order valence-corrected chi connectivity index (χ0v) is 6.72. The van der Waals surface area contributed by atoms with Crippen molar-refractivity contribution in [3.05, 3.63) is 28.3 Å². The minimum absolute atomic E-state index is 0.0347. The number of hydrogen-bond acceptors (Lipinski definition) is 2. The molecule has 0 aliphatic rings. The zero-order chi connectivity index (χ0) is 8.43. The summed E-state index contributed by atoms with van der Waals surface area (Å²) in [4.78, 5) is 10.3. The van der Waals surface area contributed by atoms with Crippen molar-refractivity contribution in [2.45, 2.75) is 6.92 Å². The number of aromatic hydroxyl groups is 1. The normalized spacial score (nSPS) is 9.64. The van der Waals surface area contributed by atoms with Crippen molar-refractivity contribution in [1.82, 2.24) is 0 Å². The Labute approximate surface area is 69.4 Å². The summed E-state index contributed by atoms with van der Waals surface area (Å²) < 4.78 is 0. The summed E-state index contributed by atoms with van der Waals surface area (Å²) in [5.41, 5.74) is 0.808. The van der Waals surface area contributed by atoms with Crippen LogP contribution in [0, 0.1) is 6.92 Å². The van der Waals surface area contributed by atoms with Gasteiger partial charge in [-0.05, 0) is 19.1 Å². The van der Waals surface area contributed by atoms with Gasteiger partial charge in [0.1, 0.15) is 5.75 Å².